The fourth-order valence-corrected chi connectivity index (χ4v) is 1.09. The molecule has 0 bridgehead atoms. The highest BCUT2D eigenvalue weighted by Crippen LogP contribution is 2.07. The van der Waals surface area contributed by atoms with E-state index in [4.69, 9.17) is 5.73 Å². The molecule has 0 aromatic carbocycles. The number of carbonyl (C=O) groups is 1. The van der Waals surface area contributed by atoms with Gasteiger partial charge in [-0.2, -0.15) is 0 Å². The van der Waals surface area contributed by atoms with Crippen LogP contribution >= 0.6 is 0 Å². The van der Waals surface area contributed by atoms with Crippen LogP contribution in [-0.2, 0) is 4.79 Å². The molecule has 2 N–H and O–H groups in total. The monoisotopic (exact) mass is 152 g/mol. The Morgan fingerprint density at radius 2 is 2.55 bits per heavy atom. The van der Waals surface area contributed by atoms with Gasteiger partial charge < -0.3 is 10.6 Å². The van der Waals surface area contributed by atoms with Gasteiger partial charge in [0.05, 0.1) is 12.6 Å². The molecular formula is C8H12N2O. The lowest BCUT2D eigenvalue weighted by molar-refractivity contribution is -0.128. The minimum atomic E-state index is -0.284. The molecule has 1 rings (SSSR count). The normalized spacial score (nSPS) is 23.3. The fourth-order valence-electron chi connectivity index (χ4n) is 1.09. The summed E-state index contributed by atoms with van der Waals surface area (Å²) in [5.41, 5.74) is 5.50. The minimum Gasteiger partial charge on any atom is -0.330 e. The smallest absolute Gasteiger partial charge is 0.240 e. The number of hydrogen-bond acceptors (Lipinski definition) is 2. The third-order valence-corrected chi connectivity index (χ3v) is 1.79. The molecule has 1 aliphatic heterocycles. The first-order valence-corrected chi connectivity index (χ1v) is 3.69. The Balaban J connectivity index is 2.46. The summed E-state index contributed by atoms with van der Waals surface area (Å²) >= 11 is 0. The Morgan fingerprint density at radius 3 is 3.00 bits per heavy atom. The van der Waals surface area contributed by atoms with Crippen LogP contribution in [0.2, 0.25) is 0 Å². The summed E-state index contributed by atoms with van der Waals surface area (Å²) in [6, 6.07) is -0.284. The summed E-state index contributed by atoms with van der Waals surface area (Å²) in [5.74, 6) is 5.62. The number of amides is 1. The van der Waals surface area contributed by atoms with Crippen molar-refractivity contribution in [2.45, 2.75) is 19.4 Å². The SMILES string of the molecule is CC#CCN1CCC(N)C1=O. The summed E-state index contributed by atoms with van der Waals surface area (Å²) in [6.45, 7) is 3.05. The number of carbonyl (C=O) groups excluding carboxylic acids is 1. The van der Waals surface area contributed by atoms with Gasteiger partial charge in [0.25, 0.3) is 0 Å². The second-order valence-corrected chi connectivity index (χ2v) is 2.58. The molecule has 3 heteroatoms. The Morgan fingerprint density at radius 1 is 1.82 bits per heavy atom. The van der Waals surface area contributed by atoms with E-state index in [-0.39, 0.29) is 11.9 Å². The molecule has 1 fully saturated rings. The third kappa shape index (κ3) is 1.72. The lowest BCUT2D eigenvalue weighted by Gasteiger charge is -2.10. The van der Waals surface area contributed by atoms with Crippen molar-refractivity contribution < 1.29 is 4.79 Å². The van der Waals surface area contributed by atoms with Crippen molar-refractivity contribution in [3.8, 4) is 11.8 Å². The van der Waals surface area contributed by atoms with Crippen LogP contribution in [0.5, 0.6) is 0 Å². The standard InChI is InChI=1S/C8H12N2O/c1-2-3-5-10-6-4-7(9)8(10)11/h7H,4-6,9H2,1H3. The van der Waals surface area contributed by atoms with Crippen molar-refractivity contribution in [1.82, 2.24) is 4.90 Å². The molecular weight excluding hydrogens is 140 g/mol. The summed E-state index contributed by atoms with van der Waals surface area (Å²) in [5, 5.41) is 0. The number of rotatable bonds is 1. The van der Waals surface area contributed by atoms with Gasteiger partial charge >= 0.3 is 0 Å². The van der Waals surface area contributed by atoms with Crippen LogP contribution in [0.1, 0.15) is 13.3 Å². The lowest BCUT2D eigenvalue weighted by Crippen LogP contribution is -2.34. The van der Waals surface area contributed by atoms with E-state index in [1.807, 2.05) is 0 Å². The predicted octanol–water partition coefficient (Wildman–Crippen LogP) is -0.431. The molecule has 60 valence electrons. The molecule has 0 aromatic heterocycles. The van der Waals surface area contributed by atoms with E-state index in [1.54, 1.807) is 11.8 Å². The molecule has 1 atom stereocenters. The molecule has 0 aliphatic carbocycles. The number of nitrogens with zero attached hydrogens (tertiary/aromatic N) is 1. The zero-order valence-electron chi connectivity index (χ0n) is 6.63. The quantitative estimate of drug-likeness (QED) is 0.518. The van der Waals surface area contributed by atoms with Crippen molar-refractivity contribution in [3.63, 3.8) is 0 Å². The molecule has 0 radical (unpaired) electrons. The van der Waals surface area contributed by atoms with Crippen LogP contribution < -0.4 is 5.73 Å². The van der Waals surface area contributed by atoms with E-state index < -0.39 is 0 Å². The van der Waals surface area contributed by atoms with Gasteiger partial charge in [-0.3, -0.25) is 4.79 Å². The zero-order valence-corrected chi connectivity index (χ0v) is 6.63. The molecule has 1 heterocycles. The highest BCUT2D eigenvalue weighted by atomic mass is 16.2. The molecule has 0 aromatic rings. The highest BCUT2D eigenvalue weighted by molar-refractivity contribution is 5.83. The minimum absolute atomic E-state index is 0.0350. The van der Waals surface area contributed by atoms with E-state index in [0.717, 1.165) is 13.0 Å². The van der Waals surface area contributed by atoms with Gasteiger partial charge in [0, 0.05) is 6.54 Å². The average Bonchev–Trinajstić information content (AvgIpc) is 2.31. The first kappa shape index (κ1) is 8.09. The number of likely N-dealkylation sites (tertiary alicyclic amines) is 1. The first-order valence-electron chi connectivity index (χ1n) is 3.69. The van der Waals surface area contributed by atoms with E-state index in [0.29, 0.717) is 6.54 Å². The van der Waals surface area contributed by atoms with Crippen LogP contribution in [0.15, 0.2) is 0 Å². The molecule has 0 saturated carbocycles. The van der Waals surface area contributed by atoms with E-state index >= 15 is 0 Å². The van der Waals surface area contributed by atoms with E-state index in [2.05, 4.69) is 11.8 Å². The van der Waals surface area contributed by atoms with Gasteiger partial charge in [0.1, 0.15) is 0 Å². The van der Waals surface area contributed by atoms with Crippen LogP contribution in [0.4, 0.5) is 0 Å². The Bertz CT molecular complexity index is 214. The van der Waals surface area contributed by atoms with Crippen LogP contribution in [0, 0.1) is 11.8 Å². The lowest BCUT2D eigenvalue weighted by atomic mass is 10.3. The van der Waals surface area contributed by atoms with Gasteiger partial charge in [0.2, 0.25) is 5.91 Å². The number of nitrogens with two attached hydrogens (primary N) is 1. The summed E-state index contributed by atoms with van der Waals surface area (Å²) in [7, 11) is 0. The van der Waals surface area contributed by atoms with Crippen LogP contribution in [0.3, 0.4) is 0 Å². The average molecular weight is 152 g/mol. The predicted molar refractivity (Wildman–Crippen MR) is 42.6 cm³/mol. The molecule has 1 unspecified atom stereocenters. The molecule has 1 saturated heterocycles. The van der Waals surface area contributed by atoms with Crippen LogP contribution in [-0.4, -0.2) is 29.9 Å². The van der Waals surface area contributed by atoms with Gasteiger partial charge in [-0.15, -0.1) is 5.92 Å². The van der Waals surface area contributed by atoms with Crippen molar-refractivity contribution in [2.24, 2.45) is 5.73 Å². The van der Waals surface area contributed by atoms with Gasteiger partial charge in [-0.1, -0.05) is 5.92 Å². The second kappa shape index (κ2) is 3.40. The van der Waals surface area contributed by atoms with E-state index in [1.165, 1.54) is 0 Å². The maximum atomic E-state index is 11.1. The van der Waals surface area contributed by atoms with Crippen molar-refractivity contribution in [1.29, 1.82) is 0 Å². The summed E-state index contributed by atoms with van der Waals surface area (Å²) < 4.78 is 0. The Labute approximate surface area is 66.5 Å². The molecule has 11 heavy (non-hydrogen) atoms. The molecule has 1 amide bonds. The number of hydrogen-bond donors (Lipinski definition) is 1. The fraction of sp³-hybridized carbons (Fsp3) is 0.625. The van der Waals surface area contributed by atoms with Crippen LogP contribution in [0.25, 0.3) is 0 Å². The van der Waals surface area contributed by atoms with Crippen molar-refractivity contribution in [3.05, 3.63) is 0 Å². The Hall–Kier alpha value is -1.01. The molecule has 0 spiro atoms. The molecule has 1 aliphatic rings. The Kier molecular flexibility index (Phi) is 2.50. The van der Waals surface area contributed by atoms with Crippen molar-refractivity contribution in [2.75, 3.05) is 13.1 Å². The van der Waals surface area contributed by atoms with Gasteiger partial charge in [0.15, 0.2) is 0 Å². The topological polar surface area (TPSA) is 46.3 Å². The second-order valence-electron chi connectivity index (χ2n) is 2.58. The summed E-state index contributed by atoms with van der Waals surface area (Å²) in [4.78, 5) is 12.8. The van der Waals surface area contributed by atoms with Gasteiger partial charge in [-0.05, 0) is 13.3 Å². The first-order chi connectivity index (χ1) is 5.25. The maximum Gasteiger partial charge on any atom is 0.240 e. The van der Waals surface area contributed by atoms with E-state index in [9.17, 15) is 4.79 Å². The zero-order chi connectivity index (χ0) is 8.27. The van der Waals surface area contributed by atoms with Crippen molar-refractivity contribution >= 4 is 5.91 Å². The largest absolute Gasteiger partial charge is 0.330 e. The molecule has 3 nitrogen and oxygen atoms in total. The highest BCUT2D eigenvalue weighted by Gasteiger charge is 2.27. The maximum absolute atomic E-state index is 11.1. The van der Waals surface area contributed by atoms with Gasteiger partial charge in [-0.25, -0.2) is 0 Å². The summed E-state index contributed by atoms with van der Waals surface area (Å²) in [6.07, 6.45) is 0.768. The third-order valence-electron chi connectivity index (χ3n) is 1.79.